The number of rotatable bonds is 8. The summed E-state index contributed by atoms with van der Waals surface area (Å²) in [6.45, 7) is 39.0. The van der Waals surface area contributed by atoms with Gasteiger partial charge in [-0.1, -0.05) is 59.3 Å². The van der Waals surface area contributed by atoms with E-state index in [1.165, 1.54) is 9.80 Å². The molecular formula is C58H88B3BrN4O14. The van der Waals surface area contributed by atoms with Gasteiger partial charge in [0.25, 0.3) is 5.91 Å². The van der Waals surface area contributed by atoms with E-state index in [0.29, 0.717) is 37.1 Å². The highest BCUT2D eigenvalue weighted by Crippen LogP contribution is 2.44. The zero-order chi connectivity index (χ0) is 60.1. The van der Waals surface area contributed by atoms with Crippen LogP contribution in [0.5, 0.6) is 0 Å². The normalized spacial score (nSPS) is 27.3. The number of β-amino-alcohol motifs (C(OH)–C–C–N with tert-alkyl or cyclic N) is 2. The molecule has 4 amide bonds. The van der Waals surface area contributed by atoms with Crippen molar-refractivity contribution in [3.8, 4) is 0 Å². The first-order chi connectivity index (χ1) is 36.5. The molecule has 440 valence electrons. The monoisotopic (exact) mass is 1180 g/mol. The predicted molar refractivity (Wildman–Crippen MR) is 314 cm³/mol. The molecule has 2 aromatic rings. The van der Waals surface area contributed by atoms with E-state index in [9.17, 15) is 29.4 Å². The van der Waals surface area contributed by atoms with Crippen molar-refractivity contribution in [3.63, 3.8) is 0 Å². The molecule has 2 unspecified atom stereocenters. The summed E-state index contributed by atoms with van der Waals surface area (Å²) in [6, 6.07) is 14.5. The summed E-state index contributed by atoms with van der Waals surface area (Å²) >= 11 is 3.41. The Morgan fingerprint density at radius 1 is 0.662 bits per heavy atom. The fourth-order valence-corrected chi connectivity index (χ4v) is 9.99. The molecule has 2 N–H and O–H groups in total. The molecule has 5 fully saturated rings. The maximum atomic E-state index is 12.9. The Balaban J connectivity index is 0.000000203. The number of hydrogen-bond donors (Lipinski definition) is 2. The number of likely N-dealkylation sites (tertiary alicyclic amines) is 2. The SMILES string of the molecule is CC(C)(C)OC(=O)N1C[C@H](O)CC1C1=NC(=O)[C@](C)(c2ccc(Br)cc2)C1.CC1(C)OB(B2OC(C)(C)C(C)(C)O2)OC1(C)C.CCC(=O)N=C(Cc1ccc(B2OC(C)(C)C(C)(C)O2)cc1)C1C[C@@H](O)CN1C(=O)OC(C)(C)C. The van der Waals surface area contributed by atoms with Crippen LogP contribution < -0.4 is 5.46 Å². The van der Waals surface area contributed by atoms with Crippen LogP contribution in [-0.4, -0.2) is 159 Å². The molecule has 0 saturated carbocycles. The van der Waals surface area contributed by atoms with Crippen LogP contribution in [0.15, 0.2) is 63.0 Å². The molecule has 0 spiro atoms. The first-order valence-electron chi connectivity index (χ1n) is 28.0. The fraction of sp³-hybridized carbons (Fsp3) is 0.690. The van der Waals surface area contributed by atoms with Crippen molar-refractivity contribution in [2.45, 2.75) is 245 Å². The number of aliphatic hydroxyl groups excluding tert-OH is 2. The molecule has 5 atom stereocenters. The molecule has 5 saturated heterocycles. The zero-order valence-electron chi connectivity index (χ0n) is 51.1. The van der Waals surface area contributed by atoms with Gasteiger partial charge in [-0.3, -0.25) is 19.4 Å². The van der Waals surface area contributed by atoms with Crippen LogP contribution in [0.4, 0.5) is 9.59 Å². The average Bonchev–Trinajstić information content (AvgIpc) is 4.12. The molecule has 8 rings (SSSR count). The lowest BCUT2D eigenvalue weighted by Crippen LogP contribution is -2.44. The van der Waals surface area contributed by atoms with Gasteiger partial charge in [-0.15, -0.1) is 0 Å². The number of carbonyl (C=O) groups is 4. The number of amides is 4. The Hall–Kier alpha value is -3.99. The highest BCUT2D eigenvalue weighted by atomic mass is 79.9. The maximum Gasteiger partial charge on any atom is 0.494 e. The lowest BCUT2D eigenvalue weighted by molar-refractivity contribution is -0.121. The van der Waals surface area contributed by atoms with E-state index in [-0.39, 0.29) is 53.7 Å². The molecule has 0 aliphatic carbocycles. The van der Waals surface area contributed by atoms with E-state index in [4.69, 9.17) is 37.4 Å². The third-order valence-electron chi connectivity index (χ3n) is 16.5. The Morgan fingerprint density at radius 3 is 1.54 bits per heavy atom. The topological polar surface area (TPSA) is 214 Å². The number of ether oxygens (including phenoxy) is 2. The van der Waals surface area contributed by atoms with Gasteiger partial charge >= 0.3 is 33.3 Å². The van der Waals surface area contributed by atoms with Gasteiger partial charge in [0.05, 0.1) is 76.4 Å². The first-order valence-corrected chi connectivity index (χ1v) is 28.8. The Kier molecular flexibility index (Phi) is 19.2. The third-order valence-corrected chi connectivity index (χ3v) is 17.1. The number of aliphatic hydroxyl groups is 2. The van der Waals surface area contributed by atoms with Crippen molar-refractivity contribution in [1.29, 1.82) is 0 Å². The number of benzene rings is 2. The van der Waals surface area contributed by atoms with Crippen molar-refractivity contribution in [2.24, 2.45) is 9.98 Å². The minimum absolute atomic E-state index is 0.139. The second-order valence-corrected chi connectivity index (χ2v) is 28.0. The average molecular weight is 1180 g/mol. The van der Waals surface area contributed by atoms with E-state index in [1.807, 2.05) is 139 Å². The Labute approximate surface area is 484 Å². The zero-order valence-corrected chi connectivity index (χ0v) is 52.7. The van der Waals surface area contributed by atoms with Gasteiger partial charge in [0.2, 0.25) is 5.91 Å². The second kappa shape index (κ2) is 23.6. The summed E-state index contributed by atoms with van der Waals surface area (Å²) in [5, 5.41) is 20.5. The first kappa shape index (κ1) is 65.2. The standard InChI is InChI=1S/C26H39BN2O6.C20H25BrN2O4.C12H24B2O4/c1-9-22(31)28-20(21-15-19(30)16-29(21)23(32)33-24(2,3)4)14-17-10-12-18(13-11-17)27-34-25(5,6)26(7,8)35-27;1-19(2,3)27-18(26)23-11-14(24)9-16(23)15-10-20(4,17(25)22-15)12-5-7-13(21)8-6-12;1-9(2)10(3,4)16-13(15-9)14-17-11(5,6)12(7,8)18-14/h10-13,19,21,30H,9,14-16H2,1-8H3;5-8,14,16,24H,9-11H2,1-4H3;1-8H3/t19-,21?;14-,16?,20+;/m11./s1. The third kappa shape index (κ3) is 15.0. The summed E-state index contributed by atoms with van der Waals surface area (Å²) < 4.78 is 48.1. The summed E-state index contributed by atoms with van der Waals surface area (Å²) in [4.78, 5) is 62.1. The van der Waals surface area contributed by atoms with Crippen molar-refractivity contribution in [1.82, 2.24) is 9.80 Å². The van der Waals surface area contributed by atoms with E-state index in [1.54, 1.807) is 48.5 Å². The van der Waals surface area contributed by atoms with Crippen LogP contribution in [0.2, 0.25) is 0 Å². The van der Waals surface area contributed by atoms with Gasteiger partial charge in [-0.25, -0.2) is 19.6 Å². The molecule has 6 aliphatic rings. The van der Waals surface area contributed by atoms with E-state index in [0.717, 1.165) is 21.1 Å². The molecule has 18 nitrogen and oxygen atoms in total. The summed E-state index contributed by atoms with van der Waals surface area (Å²) in [7, 11) is -1.41. The van der Waals surface area contributed by atoms with Crippen LogP contribution in [0.1, 0.15) is 175 Å². The molecule has 22 heteroatoms. The lowest BCUT2D eigenvalue weighted by atomic mass is 9.49. The molecular weight excluding hydrogens is 1090 g/mol. The van der Waals surface area contributed by atoms with Crippen LogP contribution in [0, 0.1) is 0 Å². The van der Waals surface area contributed by atoms with Gasteiger partial charge in [-0.05, 0) is 160 Å². The predicted octanol–water partition coefficient (Wildman–Crippen LogP) is 8.97. The van der Waals surface area contributed by atoms with Gasteiger partial charge in [0.1, 0.15) is 11.2 Å². The fourth-order valence-electron chi connectivity index (χ4n) is 9.72. The lowest BCUT2D eigenvalue weighted by Gasteiger charge is -2.32. The van der Waals surface area contributed by atoms with Crippen LogP contribution in [0.3, 0.4) is 0 Å². The van der Waals surface area contributed by atoms with Crippen LogP contribution in [-0.2, 0) is 58.8 Å². The van der Waals surface area contributed by atoms with E-state index in [2.05, 4.69) is 25.9 Å². The number of aliphatic imine (C=N–C) groups is 2. The minimum atomic E-state index is -0.761. The quantitative estimate of drug-likeness (QED) is 0.187. The maximum absolute atomic E-state index is 12.9. The largest absolute Gasteiger partial charge is 0.494 e. The second-order valence-electron chi connectivity index (χ2n) is 27.1. The highest BCUT2D eigenvalue weighted by Gasteiger charge is 2.64. The number of nitrogens with zero attached hydrogens (tertiary/aromatic N) is 4. The smallest absolute Gasteiger partial charge is 0.444 e. The molecule has 6 aliphatic heterocycles. The molecule has 2 aromatic carbocycles. The summed E-state index contributed by atoms with van der Waals surface area (Å²) in [6.07, 6.45) is -0.659. The van der Waals surface area contributed by atoms with Gasteiger partial charge in [0, 0.05) is 48.0 Å². The van der Waals surface area contributed by atoms with E-state index < -0.39 is 85.4 Å². The molecule has 6 heterocycles. The van der Waals surface area contributed by atoms with Crippen LogP contribution in [0.25, 0.3) is 0 Å². The van der Waals surface area contributed by atoms with Gasteiger partial charge in [0.15, 0.2) is 0 Å². The molecule has 80 heavy (non-hydrogen) atoms. The van der Waals surface area contributed by atoms with Gasteiger partial charge in [-0.2, -0.15) is 0 Å². The number of hydrogen-bond acceptors (Lipinski definition) is 14. The minimum Gasteiger partial charge on any atom is -0.444 e. The molecule has 0 radical (unpaired) electrons. The number of carbonyl (C=O) groups excluding carboxylic acids is 4. The van der Waals surface area contributed by atoms with Gasteiger partial charge < -0.3 is 47.6 Å². The van der Waals surface area contributed by atoms with Crippen molar-refractivity contribution in [2.75, 3.05) is 13.1 Å². The highest BCUT2D eigenvalue weighted by molar-refractivity contribution is 9.10. The van der Waals surface area contributed by atoms with Crippen molar-refractivity contribution in [3.05, 3.63) is 64.1 Å². The van der Waals surface area contributed by atoms with E-state index >= 15 is 0 Å². The summed E-state index contributed by atoms with van der Waals surface area (Å²) in [5.41, 5.74) is -0.457. The van der Waals surface area contributed by atoms with Crippen LogP contribution >= 0.6 is 15.9 Å². The Morgan fingerprint density at radius 2 is 1.09 bits per heavy atom. The summed E-state index contributed by atoms with van der Waals surface area (Å²) in [5.74, 6) is -0.482. The number of halogens is 1. The Bertz CT molecular complexity index is 2570. The molecule has 0 aromatic heterocycles. The van der Waals surface area contributed by atoms with Crippen molar-refractivity contribution >= 4 is 78.0 Å². The van der Waals surface area contributed by atoms with Crippen molar-refractivity contribution < 1.29 is 66.8 Å². The molecule has 0 bridgehead atoms.